The van der Waals surface area contributed by atoms with Crippen molar-refractivity contribution < 1.29 is 0 Å². The number of hydrogen-bond acceptors (Lipinski definition) is 4. The number of aromatic amines is 2. The van der Waals surface area contributed by atoms with Crippen molar-refractivity contribution in [3.05, 3.63) is 54.8 Å². The van der Waals surface area contributed by atoms with Crippen molar-refractivity contribution in [2.75, 3.05) is 5.32 Å². The zero-order chi connectivity index (χ0) is 19.1. The van der Waals surface area contributed by atoms with Gasteiger partial charge in [-0.1, -0.05) is 43.6 Å². The first-order valence-corrected chi connectivity index (χ1v) is 8.99. The van der Waals surface area contributed by atoms with Crippen molar-refractivity contribution in [1.29, 1.82) is 0 Å². The summed E-state index contributed by atoms with van der Waals surface area (Å²) in [5.74, 6) is 0.422. The highest BCUT2D eigenvalue weighted by molar-refractivity contribution is 6.38. The molecule has 8 heteroatoms. The number of anilines is 1. The molecule has 2 heterocycles. The molecule has 2 aromatic rings. The van der Waals surface area contributed by atoms with Gasteiger partial charge in [0.25, 0.3) is 5.56 Å². The van der Waals surface area contributed by atoms with Crippen molar-refractivity contribution in [1.82, 2.24) is 15.2 Å². The van der Waals surface area contributed by atoms with E-state index >= 15 is 0 Å². The van der Waals surface area contributed by atoms with E-state index in [9.17, 15) is 4.79 Å². The Kier molecular flexibility index (Phi) is 4.90. The second kappa shape index (κ2) is 6.85. The quantitative estimate of drug-likeness (QED) is 0.629. The molecule has 0 aromatic carbocycles. The fraction of sp³-hybridized carbons (Fsp3) is 0.333. The van der Waals surface area contributed by atoms with Crippen LogP contribution in [0.3, 0.4) is 0 Å². The Morgan fingerprint density at radius 2 is 1.96 bits per heavy atom. The average Bonchev–Trinajstić information content (AvgIpc) is 2.88. The second-order valence-electron chi connectivity index (χ2n) is 7.25. The fourth-order valence-electron chi connectivity index (χ4n) is 3.28. The highest BCUT2D eigenvalue weighted by Gasteiger charge is 2.30. The Hall–Kier alpha value is -2.18. The first-order valence-electron chi connectivity index (χ1n) is 8.23. The molecular weight excluding hydrogens is 373 g/mol. The number of nitrogens with two attached hydrogens (primary N) is 1. The van der Waals surface area contributed by atoms with Crippen LogP contribution in [0.15, 0.2) is 28.6 Å². The molecule has 1 aliphatic carbocycles. The number of rotatable bonds is 2. The Labute approximate surface area is 160 Å². The van der Waals surface area contributed by atoms with Gasteiger partial charge in [0.2, 0.25) is 0 Å². The van der Waals surface area contributed by atoms with Crippen molar-refractivity contribution in [2.45, 2.75) is 33.1 Å². The first kappa shape index (κ1) is 18.6. The molecule has 5 N–H and O–H groups in total. The van der Waals surface area contributed by atoms with E-state index in [0.29, 0.717) is 38.5 Å². The minimum absolute atomic E-state index is 0.0568. The van der Waals surface area contributed by atoms with Crippen molar-refractivity contribution in [3.8, 4) is 0 Å². The van der Waals surface area contributed by atoms with Crippen molar-refractivity contribution >= 4 is 41.0 Å². The van der Waals surface area contributed by atoms with Gasteiger partial charge in [0.05, 0.1) is 26.3 Å². The molecule has 0 atom stereocenters. The number of hydrogen-bond donors (Lipinski definition) is 4. The van der Waals surface area contributed by atoms with Crippen molar-refractivity contribution in [3.63, 3.8) is 0 Å². The third kappa shape index (κ3) is 3.52. The Morgan fingerprint density at radius 3 is 2.54 bits per heavy atom. The van der Waals surface area contributed by atoms with Crippen LogP contribution in [0.1, 0.15) is 33.1 Å². The van der Waals surface area contributed by atoms with Crippen LogP contribution in [0.5, 0.6) is 0 Å². The maximum atomic E-state index is 12.3. The van der Waals surface area contributed by atoms with E-state index < -0.39 is 0 Å². The van der Waals surface area contributed by atoms with Gasteiger partial charge in [-0.15, -0.1) is 0 Å². The molecule has 0 amide bonds. The molecule has 26 heavy (non-hydrogen) atoms. The average molecular weight is 394 g/mol. The summed E-state index contributed by atoms with van der Waals surface area (Å²) >= 11 is 12.4. The maximum absolute atomic E-state index is 12.3. The molecule has 0 saturated heterocycles. The molecule has 3 rings (SSSR count). The standard InChI is InChI=1S/C18H21Cl2N5O/c1-9-14(17(26)25-24-9)11-6-18(2,3)5-4-10(11)16(21)23-15-12(19)7-22-8-13(15)20/h7-8,24H,1,4-6,21H2,2-3H3,(H,22,23)(H,25,26)/b14-11+,16-10+. The lowest BCUT2D eigenvalue weighted by Gasteiger charge is -2.33. The predicted octanol–water partition coefficient (Wildman–Crippen LogP) is 2.46. The molecule has 2 aromatic heterocycles. The summed E-state index contributed by atoms with van der Waals surface area (Å²) in [6.45, 7) is 8.28. The number of aromatic nitrogens is 3. The van der Waals surface area contributed by atoms with Crippen LogP contribution in [-0.4, -0.2) is 15.2 Å². The molecule has 0 aliphatic heterocycles. The lowest BCUT2D eigenvalue weighted by Crippen LogP contribution is -2.38. The molecule has 1 saturated carbocycles. The normalized spacial score (nSPS) is 20.8. The minimum atomic E-state index is -0.201. The highest BCUT2D eigenvalue weighted by Crippen LogP contribution is 2.42. The summed E-state index contributed by atoms with van der Waals surface area (Å²) in [5.41, 5.74) is 8.49. The molecule has 1 aliphatic rings. The Bertz CT molecular complexity index is 998. The number of allylic oxidation sites excluding steroid dienone is 1. The number of pyridine rings is 1. The van der Waals surface area contributed by atoms with Crippen LogP contribution >= 0.6 is 23.2 Å². The van der Waals surface area contributed by atoms with Gasteiger partial charge in [-0.25, -0.2) is 0 Å². The summed E-state index contributed by atoms with van der Waals surface area (Å²) in [7, 11) is 0. The molecule has 138 valence electrons. The first-order chi connectivity index (χ1) is 12.2. The molecule has 0 bridgehead atoms. The van der Waals surface area contributed by atoms with Gasteiger partial charge in [-0.2, -0.15) is 0 Å². The van der Waals surface area contributed by atoms with Gasteiger partial charge in [0, 0.05) is 12.4 Å². The van der Waals surface area contributed by atoms with Gasteiger partial charge < -0.3 is 11.1 Å². The maximum Gasteiger partial charge on any atom is 0.272 e. The monoisotopic (exact) mass is 393 g/mol. The van der Waals surface area contributed by atoms with Gasteiger partial charge in [0.15, 0.2) is 0 Å². The van der Waals surface area contributed by atoms with E-state index in [1.165, 1.54) is 12.4 Å². The summed E-state index contributed by atoms with van der Waals surface area (Å²) < 4.78 is 0. The van der Waals surface area contributed by atoms with E-state index in [1.807, 2.05) is 0 Å². The molecule has 6 nitrogen and oxygen atoms in total. The van der Waals surface area contributed by atoms with Gasteiger partial charge >= 0.3 is 0 Å². The zero-order valence-corrected chi connectivity index (χ0v) is 16.2. The summed E-state index contributed by atoms with van der Waals surface area (Å²) in [5, 5.41) is 10.3. The van der Waals surface area contributed by atoms with Gasteiger partial charge in [-0.05, 0) is 35.8 Å². The lowest BCUT2D eigenvalue weighted by atomic mass is 9.72. The number of halogens is 2. The predicted molar refractivity (Wildman–Crippen MR) is 106 cm³/mol. The topological polar surface area (TPSA) is 99.6 Å². The number of nitrogens with one attached hydrogen (secondary N) is 3. The third-order valence-corrected chi connectivity index (χ3v) is 5.24. The Morgan fingerprint density at radius 1 is 1.31 bits per heavy atom. The third-order valence-electron chi connectivity index (χ3n) is 4.67. The molecular formula is C18H21Cl2N5O. The molecule has 0 radical (unpaired) electrons. The van der Waals surface area contributed by atoms with E-state index in [4.69, 9.17) is 28.9 Å². The van der Waals surface area contributed by atoms with E-state index in [0.717, 1.165) is 24.0 Å². The minimum Gasteiger partial charge on any atom is -0.385 e. The van der Waals surface area contributed by atoms with Crippen molar-refractivity contribution in [2.24, 2.45) is 11.1 Å². The van der Waals surface area contributed by atoms with Crippen LogP contribution in [-0.2, 0) is 0 Å². The van der Waals surface area contributed by atoms with Crippen LogP contribution in [0.4, 0.5) is 5.69 Å². The highest BCUT2D eigenvalue weighted by atomic mass is 35.5. The van der Waals surface area contributed by atoms with Gasteiger partial charge in [-0.3, -0.25) is 20.0 Å². The van der Waals surface area contributed by atoms with Gasteiger partial charge in [0.1, 0.15) is 5.82 Å². The van der Waals surface area contributed by atoms with E-state index in [1.54, 1.807) is 0 Å². The summed E-state index contributed by atoms with van der Waals surface area (Å²) in [4.78, 5) is 16.2. The Balaban J connectivity index is 2.18. The number of H-pyrrole nitrogens is 2. The smallest absolute Gasteiger partial charge is 0.272 e. The molecule has 0 spiro atoms. The molecule has 1 fully saturated rings. The fourth-order valence-corrected chi connectivity index (χ4v) is 3.74. The van der Waals surface area contributed by atoms with Crippen LogP contribution in [0, 0.1) is 5.41 Å². The second-order valence-corrected chi connectivity index (χ2v) is 8.06. The van der Waals surface area contributed by atoms with E-state index in [-0.39, 0.29) is 11.0 Å². The van der Waals surface area contributed by atoms with E-state index in [2.05, 4.69) is 40.9 Å². The lowest BCUT2D eigenvalue weighted by molar-refractivity contribution is 0.329. The van der Waals surface area contributed by atoms with Crippen LogP contribution in [0.25, 0.3) is 12.2 Å². The zero-order valence-electron chi connectivity index (χ0n) is 14.7. The number of nitrogens with zero attached hydrogens (tertiary/aromatic N) is 1. The molecule has 0 unspecified atom stereocenters. The van der Waals surface area contributed by atoms with Crippen LogP contribution in [0.2, 0.25) is 10.0 Å². The summed E-state index contributed by atoms with van der Waals surface area (Å²) in [6, 6.07) is 0. The SMILES string of the molecule is C=c1[nH][nH]c(=O)/c1=C1\CC(C)(C)CC\C1=C(\N)Nc1c(Cl)cncc1Cl. The van der Waals surface area contributed by atoms with Crippen LogP contribution < -0.4 is 27.2 Å². The summed E-state index contributed by atoms with van der Waals surface area (Å²) in [6.07, 6.45) is 5.37. The largest absolute Gasteiger partial charge is 0.385 e.